The van der Waals surface area contributed by atoms with Crippen molar-refractivity contribution in [1.29, 1.82) is 0 Å². The lowest BCUT2D eigenvalue weighted by Gasteiger charge is -2.16. The van der Waals surface area contributed by atoms with Gasteiger partial charge in [-0.2, -0.15) is 0 Å². The van der Waals surface area contributed by atoms with E-state index in [9.17, 15) is 0 Å². The van der Waals surface area contributed by atoms with Crippen molar-refractivity contribution in [2.24, 2.45) is 0 Å². The minimum absolute atomic E-state index is 0.615. The number of nitrogens with zero attached hydrogens (tertiary/aromatic N) is 1. The van der Waals surface area contributed by atoms with Crippen LogP contribution >= 0.6 is 0 Å². The van der Waals surface area contributed by atoms with Gasteiger partial charge in [-0.25, -0.2) is 4.98 Å². The quantitative estimate of drug-likeness (QED) is 0.520. The Balaban J connectivity index is 2.41. The van der Waals surface area contributed by atoms with E-state index in [2.05, 4.69) is 11.6 Å². The number of pyridine rings is 1. The summed E-state index contributed by atoms with van der Waals surface area (Å²) < 4.78 is 5.33. The Kier molecular flexibility index (Phi) is 1.39. The highest BCUT2D eigenvalue weighted by atomic mass is 16.5. The molecule has 0 bridgehead atoms. The summed E-state index contributed by atoms with van der Waals surface area (Å²) in [6.45, 7) is 4.48. The van der Waals surface area contributed by atoms with Crippen molar-refractivity contribution in [3.05, 3.63) is 36.0 Å². The van der Waals surface area contributed by atoms with Crippen LogP contribution in [-0.4, -0.2) is 11.6 Å². The van der Waals surface area contributed by atoms with Gasteiger partial charge in [0.2, 0.25) is 5.88 Å². The monoisotopic (exact) mass is 147 g/mol. The number of ether oxygens (including phenoxy) is 1. The first-order chi connectivity index (χ1) is 5.36. The molecule has 0 aliphatic carbocycles. The van der Waals surface area contributed by atoms with Crippen LogP contribution in [0.2, 0.25) is 0 Å². The van der Waals surface area contributed by atoms with Crippen molar-refractivity contribution < 1.29 is 4.74 Å². The van der Waals surface area contributed by atoms with Gasteiger partial charge in [0, 0.05) is 18.2 Å². The van der Waals surface area contributed by atoms with Crippen LogP contribution < -0.4 is 4.74 Å². The summed E-state index contributed by atoms with van der Waals surface area (Å²) in [5.74, 6) is 0.764. The van der Waals surface area contributed by atoms with Crippen LogP contribution in [0.3, 0.4) is 0 Å². The van der Waals surface area contributed by atoms with Crippen molar-refractivity contribution in [2.45, 2.75) is 6.42 Å². The number of aromatic nitrogens is 1. The van der Waals surface area contributed by atoms with Crippen LogP contribution in [0.4, 0.5) is 0 Å². The van der Waals surface area contributed by atoms with E-state index in [4.69, 9.17) is 4.74 Å². The zero-order chi connectivity index (χ0) is 7.68. The first-order valence-electron chi connectivity index (χ1n) is 3.59. The van der Waals surface area contributed by atoms with Crippen molar-refractivity contribution in [3.63, 3.8) is 0 Å². The number of hydrogen-bond acceptors (Lipinski definition) is 2. The third kappa shape index (κ3) is 1.11. The third-order valence-corrected chi connectivity index (χ3v) is 1.70. The van der Waals surface area contributed by atoms with Gasteiger partial charge in [-0.15, -0.1) is 0 Å². The first-order valence-corrected chi connectivity index (χ1v) is 3.59. The van der Waals surface area contributed by atoms with Crippen LogP contribution in [-0.2, 0) is 6.42 Å². The van der Waals surface area contributed by atoms with Gasteiger partial charge in [0.15, 0.2) is 0 Å². The fraction of sp³-hybridized carbons (Fsp3) is 0.222. The Bertz CT molecular complexity index is 293. The van der Waals surface area contributed by atoms with E-state index in [-0.39, 0.29) is 0 Å². The zero-order valence-electron chi connectivity index (χ0n) is 6.21. The molecule has 2 rings (SSSR count). The SMILES string of the molecule is C=C1COc2ncccc2C1. The Morgan fingerprint density at radius 1 is 1.55 bits per heavy atom. The second-order valence-corrected chi connectivity index (χ2v) is 2.68. The maximum Gasteiger partial charge on any atom is 0.217 e. The Morgan fingerprint density at radius 3 is 3.36 bits per heavy atom. The molecule has 11 heavy (non-hydrogen) atoms. The highest BCUT2D eigenvalue weighted by Gasteiger charge is 2.11. The molecular formula is C9H9NO. The van der Waals surface area contributed by atoms with E-state index in [1.165, 1.54) is 0 Å². The Hall–Kier alpha value is -1.31. The van der Waals surface area contributed by atoms with E-state index in [1.807, 2.05) is 12.1 Å². The smallest absolute Gasteiger partial charge is 0.217 e. The predicted octanol–water partition coefficient (Wildman–Crippen LogP) is 1.57. The fourth-order valence-electron chi connectivity index (χ4n) is 1.18. The van der Waals surface area contributed by atoms with E-state index < -0.39 is 0 Å². The number of hydrogen-bond donors (Lipinski definition) is 0. The van der Waals surface area contributed by atoms with Gasteiger partial charge in [0.05, 0.1) is 0 Å². The predicted molar refractivity (Wildman–Crippen MR) is 42.6 cm³/mol. The van der Waals surface area contributed by atoms with Gasteiger partial charge < -0.3 is 4.74 Å². The molecule has 1 aliphatic rings. The molecule has 0 aromatic carbocycles. The minimum atomic E-state index is 0.615. The number of rotatable bonds is 0. The summed E-state index contributed by atoms with van der Waals surface area (Å²) in [7, 11) is 0. The van der Waals surface area contributed by atoms with E-state index in [0.29, 0.717) is 6.61 Å². The van der Waals surface area contributed by atoms with Crippen LogP contribution in [0.1, 0.15) is 5.56 Å². The summed E-state index contributed by atoms with van der Waals surface area (Å²) in [6.07, 6.45) is 2.65. The fourth-order valence-corrected chi connectivity index (χ4v) is 1.18. The molecule has 0 amide bonds. The summed E-state index contributed by atoms with van der Waals surface area (Å²) in [6, 6.07) is 3.94. The highest BCUT2D eigenvalue weighted by Crippen LogP contribution is 2.22. The molecule has 0 N–H and O–H groups in total. The van der Waals surface area contributed by atoms with Gasteiger partial charge in [-0.1, -0.05) is 12.6 Å². The zero-order valence-corrected chi connectivity index (χ0v) is 6.21. The molecule has 56 valence electrons. The molecule has 0 saturated heterocycles. The molecule has 1 aromatic heterocycles. The molecule has 0 radical (unpaired) electrons. The second-order valence-electron chi connectivity index (χ2n) is 2.68. The van der Waals surface area contributed by atoms with Crippen molar-refractivity contribution in [3.8, 4) is 5.88 Å². The van der Waals surface area contributed by atoms with Crippen LogP contribution in [0.5, 0.6) is 5.88 Å². The summed E-state index contributed by atoms with van der Waals surface area (Å²) in [5.41, 5.74) is 2.26. The molecule has 1 aliphatic heterocycles. The third-order valence-electron chi connectivity index (χ3n) is 1.70. The molecule has 0 fully saturated rings. The van der Waals surface area contributed by atoms with Crippen molar-refractivity contribution >= 4 is 0 Å². The van der Waals surface area contributed by atoms with Gasteiger partial charge in [-0.05, 0) is 11.6 Å². The second kappa shape index (κ2) is 2.38. The molecule has 2 heterocycles. The molecule has 1 aromatic rings. The standard InChI is InChI=1S/C9H9NO/c1-7-5-8-3-2-4-10-9(8)11-6-7/h2-4H,1,5-6H2. The van der Waals surface area contributed by atoms with E-state index in [1.54, 1.807) is 6.20 Å². The molecule has 0 spiro atoms. The normalized spacial score (nSPS) is 15.5. The van der Waals surface area contributed by atoms with Gasteiger partial charge >= 0.3 is 0 Å². The first kappa shape index (κ1) is 6.40. The summed E-state index contributed by atoms with van der Waals surface area (Å²) in [5, 5.41) is 0. The van der Waals surface area contributed by atoms with Gasteiger partial charge in [0.25, 0.3) is 0 Å². The van der Waals surface area contributed by atoms with Crippen LogP contribution in [0.25, 0.3) is 0 Å². The van der Waals surface area contributed by atoms with E-state index >= 15 is 0 Å². The molecular weight excluding hydrogens is 138 g/mol. The summed E-state index contributed by atoms with van der Waals surface area (Å²) >= 11 is 0. The average Bonchev–Trinajstić information content (AvgIpc) is 2.04. The lowest BCUT2D eigenvalue weighted by molar-refractivity contribution is 0.318. The van der Waals surface area contributed by atoms with Crippen molar-refractivity contribution in [2.75, 3.05) is 6.61 Å². The minimum Gasteiger partial charge on any atom is -0.473 e. The Labute approximate surface area is 65.5 Å². The average molecular weight is 147 g/mol. The lowest BCUT2D eigenvalue weighted by Crippen LogP contribution is -2.11. The van der Waals surface area contributed by atoms with Crippen LogP contribution in [0.15, 0.2) is 30.5 Å². The molecule has 0 saturated carbocycles. The molecule has 0 unspecified atom stereocenters. The van der Waals surface area contributed by atoms with Crippen molar-refractivity contribution in [1.82, 2.24) is 4.98 Å². The van der Waals surface area contributed by atoms with Crippen LogP contribution in [0, 0.1) is 0 Å². The Morgan fingerprint density at radius 2 is 2.45 bits per heavy atom. The molecule has 2 nitrogen and oxygen atoms in total. The molecule has 0 atom stereocenters. The highest BCUT2D eigenvalue weighted by molar-refractivity contribution is 5.32. The largest absolute Gasteiger partial charge is 0.473 e. The molecule has 2 heteroatoms. The lowest BCUT2D eigenvalue weighted by atomic mass is 10.1. The van der Waals surface area contributed by atoms with Gasteiger partial charge in [0.1, 0.15) is 6.61 Å². The number of fused-ring (bicyclic) bond motifs is 1. The maximum atomic E-state index is 5.33. The topological polar surface area (TPSA) is 22.1 Å². The van der Waals surface area contributed by atoms with E-state index in [0.717, 1.165) is 23.4 Å². The van der Waals surface area contributed by atoms with Gasteiger partial charge in [-0.3, -0.25) is 0 Å². The summed E-state index contributed by atoms with van der Waals surface area (Å²) in [4.78, 5) is 4.09. The maximum absolute atomic E-state index is 5.33.